The number of rotatable bonds is 6. The van der Waals surface area contributed by atoms with E-state index in [9.17, 15) is 4.79 Å². The van der Waals surface area contributed by atoms with Gasteiger partial charge in [-0.3, -0.25) is 4.79 Å². The molecule has 114 valence electrons. The quantitative estimate of drug-likeness (QED) is 0.773. The van der Waals surface area contributed by atoms with E-state index in [-0.39, 0.29) is 11.3 Å². The summed E-state index contributed by atoms with van der Waals surface area (Å²) >= 11 is 6.05. The van der Waals surface area contributed by atoms with Crippen LogP contribution in [0.3, 0.4) is 0 Å². The van der Waals surface area contributed by atoms with Crippen LogP contribution in [0.5, 0.6) is 0 Å². The molecule has 3 rings (SSSR count). The van der Waals surface area contributed by atoms with E-state index in [1.807, 2.05) is 24.3 Å². The van der Waals surface area contributed by atoms with Gasteiger partial charge in [-0.1, -0.05) is 49.4 Å². The molecule has 0 bridgehead atoms. The van der Waals surface area contributed by atoms with E-state index in [0.717, 1.165) is 37.3 Å². The van der Waals surface area contributed by atoms with Crippen molar-refractivity contribution in [2.75, 3.05) is 6.54 Å². The van der Waals surface area contributed by atoms with E-state index in [4.69, 9.17) is 11.6 Å². The maximum atomic E-state index is 12.5. The lowest BCUT2D eigenvalue weighted by atomic mass is 9.95. The predicted octanol–water partition coefficient (Wildman–Crippen LogP) is 4.46. The van der Waals surface area contributed by atoms with Crippen LogP contribution in [-0.4, -0.2) is 12.5 Å². The number of benzene rings is 1. The van der Waals surface area contributed by atoms with E-state index in [1.54, 1.807) is 0 Å². The lowest BCUT2D eigenvalue weighted by Gasteiger charge is -2.16. The Morgan fingerprint density at radius 1 is 1.29 bits per heavy atom. The molecule has 0 spiro atoms. The summed E-state index contributed by atoms with van der Waals surface area (Å²) in [4.78, 5) is 12.5. The van der Waals surface area contributed by atoms with Crippen molar-refractivity contribution in [1.82, 2.24) is 5.32 Å². The highest BCUT2D eigenvalue weighted by Crippen LogP contribution is 2.48. The summed E-state index contributed by atoms with van der Waals surface area (Å²) in [6.07, 6.45) is 9.85. The van der Waals surface area contributed by atoms with Gasteiger partial charge in [0.05, 0.1) is 5.41 Å². The standard InChI is InChI=1S/C18H24ClNO/c19-16-9-3-8-15(13-16)18(10-11-18)17(21)20-12-4-7-14-5-1-2-6-14/h3,8-9,13-14H,1-2,4-7,10-12H2,(H,20,21). The van der Waals surface area contributed by atoms with E-state index < -0.39 is 0 Å². The van der Waals surface area contributed by atoms with Crippen molar-refractivity contribution in [3.05, 3.63) is 34.9 Å². The number of nitrogens with one attached hydrogen (secondary N) is 1. The van der Waals surface area contributed by atoms with Crippen molar-refractivity contribution in [3.8, 4) is 0 Å². The third-order valence-electron chi connectivity index (χ3n) is 5.11. The normalized spacial score (nSPS) is 20.4. The molecule has 2 aliphatic carbocycles. The summed E-state index contributed by atoms with van der Waals surface area (Å²) in [6, 6.07) is 7.76. The molecule has 2 aliphatic rings. The number of hydrogen-bond acceptors (Lipinski definition) is 1. The van der Waals surface area contributed by atoms with Gasteiger partial charge < -0.3 is 5.32 Å². The van der Waals surface area contributed by atoms with Gasteiger partial charge in [-0.05, 0) is 49.3 Å². The summed E-state index contributed by atoms with van der Waals surface area (Å²) in [6.45, 7) is 0.817. The van der Waals surface area contributed by atoms with Crippen molar-refractivity contribution in [2.45, 2.75) is 56.8 Å². The van der Waals surface area contributed by atoms with Gasteiger partial charge in [-0.15, -0.1) is 0 Å². The first-order chi connectivity index (χ1) is 10.2. The van der Waals surface area contributed by atoms with Crippen LogP contribution in [0.1, 0.15) is 56.9 Å². The molecule has 1 N–H and O–H groups in total. The number of amides is 1. The van der Waals surface area contributed by atoms with Gasteiger partial charge in [0.2, 0.25) is 5.91 Å². The van der Waals surface area contributed by atoms with Crippen molar-refractivity contribution >= 4 is 17.5 Å². The second-order valence-corrected chi connectivity index (χ2v) is 7.08. The molecule has 21 heavy (non-hydrogen) atoms. The molecule has 1 aromatic rings. The monoisotopic (exact) mass is 305 g/mol. The van der Waals surface area contributed by atoms with E-state index in [2.05, 4.69) is 5.32 Å². The minimum absolute atomic E-state index is 0.191. The molecule has 2 fully saturated rings. The van der Waals surface area contributed by atoms with Gasteiger partial charge in [0, 0.05) is 11.6 Å². The Morgan fingerprint density at radius 3 is 2.71 bits per heavy atom. The molecular weight excluding hydrogens is 282 g/mol. The number of carbonyl (C=O) groups excluding carboxylic acids is 1. The first kappa shape index (κ1) is 14.9. The number of hydrogen-bond donors (Lipinski definition) is 1. The molecule has 0 atom stereocenters. The number of carbonyl (C=O) groups is 1. The summed E-state index contributed by atoms with van der Waals surface area (Å²) in [5.41, 5.74) is 0.779. The smallest absolute Gasteiger partial charge is 0.230 e. The van der Waals surface area contributed by atoms with Crippen molar-refractivity contribution in [3.63, 3.8) is 0 Å². The Balaban J connectivity index is 1.48. The first-order valence-electron chi connectivity index (χ1n) is 8.25. The number of halogens is 1. The molecule has 2 nitrogen and oxygen atoms in total. The van der Waals surface area contributed by atoms with Crippen LogP contribution in [0.15, 0.2) is 24.3 Å². The van der Waals surface area contributed by atoms with Crippen LogP contribution in [0.2, 0.25) is 5.02 Å². The highest BCUT2D eigenvalue weighted by molar-refractivity contribution is 6.30. The van der Waals surface area contributed by atoms with Crippen LogP contribution < -0.4 is 5.32 Å². The Morgan fingerprint density at radius 2 is 2.05 bits per heavy atom. The Kier molecular flexibility index (Phi) is 4.54. The lowest BCUT2D eigenvalue weighted by molar-refractivity contribution is -0.123. The average molecular weight is 306 g/mol. The highest BCUT2D eigenvalue weighted by Gasteiger charge is 2.51. The predicted molar refractivity (Wildman–Crippen MR) is 86.6 cm³/mol. The van der Waals surface area contributed by atoms with Gasteiger partial charge in [0.1, 0.15) is 0 Å². The minimum Gasteiger partial charge on any atom is -0.355 e. The van der Waals surface area contributed by atoms with Gasteiger partial charge >= 0.3 is 0 Å². The van der Waals surface area contributed by atoms with E-state index in [0.29, 0.717) is 5.02 Å². The van der Waals surface area contributed by atoms with Crippen molar-refractivity contribution < 1.29 is 4.79 Å². The molecule has 1 aromatic carbocycles. The second kappa shape index (κ2) is 6.39. The molecule has 2 saturated carbocycles. The van der Waals surface area contributed by atoms with Gasteiger partial charge in [0.25, 0.3) is 0 Å². The largest absolute Gasteiger partial charge is 0.355 e. The molecule has 0 saturated heterocycles. The fourth-order valence-corrected chi connectivity index (χ4v) is 3.81. The molecule has 3 heteroatoms. The molecule has 0 radical (unpaired) electrons. The summed E-state index contributed by atoms with van der Waals surface area (Å²) in [7, 11) is 0. The fraction of sp³-hybridized carbons (Fsp3) is 0.611. The maximum Gasteiger partial charge on any atom is 0.230 e. The molecule has 0 heterocycles. The molecule has 1 amide bonds. The minimum atomic E-state index is -0.293. The summed E-state index contributed by atoms with van der Waals surface area (Å²) in [5, 5.41) is 3.86. The van der Waals surface area contributed by atoms with Crippen LogP contribution in [0.4, 0.5) is 0 Å². The molecule has 0 unspecified atom stereocenters. The van der Waals surface area contributed by atoms with Gasteiger partial charge in [-0.2, -0.15) is 0 Å². The van der Waals surface area contributed by atoms with Crippen LogP contribution >= 0.6 is 11.6 Å². The van der Waals surface area contributed by atoms with Crippen molar-refractivity contribution in [1.29, 1.82) is 0 Å². The van der Waals surface area contributed by atoms with Crippen LogP contribution in [0.25, 0.3) is 0 Å². The third-order valence-corrected chi connectivity index (χ3v) is 5.35. The highest BCUT2D eigenvalue weighted by atomic mass is 35.5. The summed E-state index contributed by atoms with van der Waals surface area (Å²) in [5.74, 6) is 1.10. The SMILES string of the molecule is O=C(NCCCC1CCCC1)C1(c2cccc(Cl)c2)CC1. The Bertz CT molecular complexity index is 504. The molecule has 0 aliphatic heterocycles. The van der Waals surface area contributed by atoms with Crippen LogP contribution in [-0.2, 0) is 10.2 Å². The van der Waals surface area contributed by atoms with Gasteiger partial charge in [-0.25, -0.2) is 0 Å². The molecule has 0 aromatic heterocycles. The van der Waals surface area contributed by atoms with E-state index >= 15 is 0 Å². The van der Waals surface area contributed by atoms with Crippen LogP contribution in [0, 0.1) is 5.92 Å². The fourth-order valence-electron chi connectivity index (χ4n) is 3.62. The average Bonchev–Trinajstić information content (AvgIpc) is 3.14. The molecular formula is C18H24ClNO. The second-order valence-electron chi connectivity index (χ2n) is 6.64. The Labute approximate surface area is 132 Å². The summed E-state index contributed by atoms with van der Waals surface area (Å²) < 4.78 is 0. The lowest BCUT2D eigenvalue weighted by Crippen LogP contribution is -2.35. The van der Waals surface area contributed by atoms with Crippen molar-refractivity contribution in [2.24, 2.45) is 5.92 Å². The first-order valence-corrected chi connectivity index (χ1v) is 8.63. The van der Waals surface area contributed by atoms with Gasteiger partial charge in [0.15, 0.2) is 0 Å². The van der Waals surface area contributed by atoms with E-state index in [1.165, 1.54) is 32.1 Å². The Hall–Kier alpha value is -1.02. The zero-order chi connectivity index (χ0) is 14.7. The topological polar surface area (TPSA) is 29.1 Å². The maximum absolute atomic E-state index is 12.5. The third kappa shape index (κ3) is 3.42. The zero-order valence-electron chi connectivity index (χ0n) is 12.5. The zero-order valence-corrected chi connectivity index (χ0v) is 13.3.